The van der Waals surface area contributed by atoms with E-state index in [1.165, 1.54) is 20.3 Å². The van der Waals surface area contributed by atoms with Gasteiger partial charge in [0.15, 0.2) is 5.82 Å². The number of nitrogens with one attached hydrogen (secondary N) is 3. The fourth-order valence-corrected chi connectivity index (χ4v) is 4.68. The Bertz CT molecular complexity index is 1310. The van der Waals surface area contributed by atoms with Gasteiger partial charge in [-0.15, -0.1) is 0 Å². The molecular weight excluding hydrogens is 535 g/mol. The highest BCUT2D eigenvalue weighted by Crippen LogP contribution is 2.46. The summed E-state index contributed by atoms with van der Waals surface area (Å²) in [7, 11) is 4.63. The van der Waals surface area contributed by atoms with Crippen molar-refractivity contribution >= 4 is 51.8 Å². The number of hydrogen-bond donors (Lipinski definition) is 3. The lowest BCUT2D eigenvalue weighted by atomic mass is 10.1. The van der Waals surface area contributed by atoms with Gasteiger partial charge < -0.3 is 34.9 Å². The molecule has 1 fully saturated rings. The van der Waals surface area contributed by atoms with Crippen LogP contribution >= 0.6 is 23.2 Å². The van der Waals surface area contributed by atoms with Gasteiger partial charge in [0.2, 0.25) is 11.9 Å². The highest BCUT2D eigenvalue weighted by Gasteiger charge is 2.30. The molecule has 0 aliphatic carbocycles. The molecule has 0 saturated carbocycles. The monoisotopic (exact) mass is 562 g/mol. The summed E-state index contributed by atoms with van der Waals surface area (Å²) in [6.07, 6.45) is 2.89. The molecule has 1 amide bonds. The van der Waals surface area contributed by atoms with Crippen LogP contribution in [-0.2, 0) is 14.3 Å². The number of anilines is 2. The number of ether oxygens (including phenoxy) is 4. The molecule has 38 heavy (non-hydrogen) atoms. The molecule has 202 valence electrons. The minimum atomic E-state index is -0.278. The molecule has 3 heterocycles. The Balaban J connectivity index is 1.76. The van der Waals surface area contributed by atoms with Crippen LogP contribution in [0.15, 0.2) is 31.0 Å². The standard InChI is InChI=1S/C25H28Cl2N6O5/c1-5-19(34)30-15-11-38-12-16(15)32-25-29-10-13-8-14(31-24(23(13)33-25)28-6-7-35-2)20-21(26)17(36-3)9-18(37-4)22(20)27/h5,8-10,15-16H,1,6-7,11-12H2,2-4H3,(H,28,31)(H,30,34)(H,29,32,33)/t15-,16+/m0/s1. The average Bonchev–Trinajstić information content (AvgIpc) is 3.35. The third-order valence-electron chi connectivity index (χ3n) is 5.90. The van der Waals surface area contributed by atoms with Gasteiger partial charge in [-0.3, -0.25) is 4.79 Å². The van der Waals surface area contributed by atoms with Gasteiger partial charge in [0.05, 0.1) is 61.9 Å². The Kier molecular flexibility index (Phi) is 9.05. The number of halogens is 2. The van der Waals surface area contributed by atoms with Gasteiger partial charge in [0, 0.05) is 36.9 Å². The smallest absolute Gasteiger partial charge is 0.243 e. The van der Waals surface area contributed by atoms with Crippen molar-refractivity contribution in [1.82, 2.24) is 20.3 Å². The number of carbonyl (C=O) groups excluding carboxylic acids is 1. The summed E-state index contributed by atoms with van der Waals surface area (Å²) in [5.41, 5.74) is 1.49. The number of methoxy groups -OCH3 is 3. The van der Waals surface area contributed by atoms with Crippen LogP contribution in [0.25, 0.3) is 22.2 Å². The maximum atomic E-state index is 11.8. The molecule has 0 unspecified atom stereocenters. The lowest BCUT2D eigenvalue weighted by molar-refractivity contribution is -0.117. The molecular formula is C25H28Cl2N6O5. The Hall–Kier alpha value is -3.38. The number of amides is 1. The predicted octanol–water partition coefficient (Wildman–Crippen LogP) is 3.56. The van der Waals surface area contributed by atoms with Crippen molar-refractivity contribution in [3.05, 3.63) is 41.0 Å². The number of fused-ring (bicyclic) bond motifs is 1. The van der Waals surface area contributed by atoms with Crippen molar-refractivity contribution in [2.75, 3.05) is 58.3 Å². The van der Waals surface area contributed by atoms with E-state index >= 15 is 0 Å². The predicted molar refractivity (Wildman–Crippen MR) is 147 cm³/mol. The molecule has 0 radical (unpaired) electrons. The van der Waals surface area contributed by atoms with Crippen molar-refractivity contribution in [2.45, 2.75) is 12.1 Å². The van der Waals surface area contributed by atoms with Crippen LogP contribution in [0.1, 0.15) is 0 Å². The van der Waals surface area contributed by atoms with E-state index < -0.39 is 0 Å². The van der Waals surface area contributed by atoms with Gasteiger partial charge in [-0.1, -0.05) is 29.8 Å². The van der Waals surface area contributed by atoms with E-state index in [1.807, 2.05) is 0 Å². The summed E-state index contributed by atoms with van der Waals surface area (Å²) in [4.78, 5) is 25.8. The van der Waals surface area contributed by atoms with E-state index in [9.17, 15) is 4.79 Å². The third-order valence-corrected chi connectivity index (χ3v) is 6.65. The van der Waals surface area contributed by atoms with Crippen LogP contribution in [0.3, 0.4) is 0 Å². The van der Waals surface area contributed by atoms with Crippen molar-refractivity contribution in [3.8, 4) is 22.8 Å². The highest BCUT2D eigenvalue weighted by atomic mass is 35.5. The van der Waals surface area contributed by atoms with E-state index in [0.717, 1.165) is 0 Å². The third kappa shape index (κ3) is 5.86. The van der Waals surface area contributed by atoms with Gasteiger partial charge in [-0.2, -0.15) is 0 Å². The lowest BCUT2D eigenvalue weighted by Crippen LogP contribution is -2.45. The SMILES string of the molecule is C=CC(=O)N[C@H]1COC[C@H]1Nc1ncc2cc(-c3c(Cl)c(OC)cc(OC)c3Cl)nc(NCCOC)c2n1. The molecule has 0 spiro atoms. The fraction of sp³-hybridized carbons (Fsp3) is 0.360. The fourth-order valence-electron chi connectivity index (χ4n) is 3.99. The molecule has 13 heteroatoms. The second-order valence-electron chi connectivity index (χ2n) is 8.30. The number of carbonyl (C=O) groups is 1. The van der Waals surface area contributed by atoms with Gasteiger partial charge in [-0.05, 0) is 12.1 Å². The summed E-state index contributed by atoms with van der Waals surface area (Å²) in [5.74, 6) is 1.35. The first-order chi connectivity index (χ1) is 18.4. The van der Waals surface area contributed by atoms with E-state index in [0.29, 0.717) is 81.8 Å². The highest BCUT2D eigenvalue weighted by molar-refractivity contribution is 6.41. The summed E-state index contributed by atoms with van der Waals surface area (Å²) in [5, 5.41) is 10.6. The average molecular weight is 563 g/mol. The largest absolute Gasteiger partial charge is 0.495 e. The quantitative estimate of drug-likeness (QED) is 0.235. The van der Waals surface area contributed by atoms with Crippen molar-refractivity contribution in [2.24, 2.45) is 0 Å². The molecule has 3 N–H and O–H groups in total. The molecule has 11 nitrogen and oxygen atoms in total. The Morgan fingerprint density at radius 1 is 1.13 bits per heavy atom. The number of benzene rings is 1. The molecule has 1 aliphatic rings. The molecule has 2 atom stereocenters. The maximum Gasteiger partial charge on any atom is 0.243 e. The van der Waals surface area contributed by atoms with Crippen LogP contribution in [0.2, 0.25) is 10.0 Å². The summed E-state index contributed by atoms with van der Waals surface area (Å²) in [6.45, 7) is 5.17. The molecule has 0 bridgehead atoms. The second kappa shape index (κ2) is 12.4. The number of hydrogen-bond acceptors (Lipinski definition) is 10. The molecule has 2 aromatic heterocycles. The maximum absolute atomic E-state index is 11.8. The van der Waals surface area contributed by atoms with Crippen molar-refractivity contribution < 1.29 is 23.7 Å². The van der Waals surface area contributed by atoms with Crippen LogP contribution in [0, 0.1) is 0 Å². The van der Waals surface area contributed by atoms with E-state index in [-0.39, 0.29) is 18.0 Å². The minimum Gasteiger partial charge on any atom is -0.495 e. The Labute approximate surface area is 229 Å². The second-order valence-corrected chi connectivity index (χ2v) is 9.05. The van der Waals surface area contributed by atoms with E-state index in [1.54, 1.807) is 25.4 Å². The van der Waals surface area contributed by atoms with E-state index in [4.69, 9.17) is 52.1 Å². The van der Waals surface area contributed by atoms with Gasteiger partial charge in [0.1, 0.15) is 17.0 Å². The molecule has 1 aliphatic heterocycles. The van der Waals surface area contributed by atoms with Crippen molar-refractivity contribution in [3.63, 3.8) is 0 Å². The summed E-state index contributed by atoms with van der Waals surface area (Å²) < 4.78 is 21.6. The Morgan fingerprint density at radius 3 is 2.50 bits per heavy atom. The van der Waals surface area contributed by atoms with Crippen molar-refractivity contribution in [1.29, 1.82) is 0 Å². The zero-order valence-corrected chi connectivity index (χ0v) is 22.7. The van der Waals surface area contributed by atoms with Crippen LogP contribution in [0.4, 0.5) is 11.8 Å². The number of pyridine rings is 1. The van der Waals surface area contributed by atoms with Gasteiger partial charge >= 0.3 is 0 Å². The first kappa shape index (κ1) is 27.6. The first-order valence-corrected chi connectivity index (χ1v) is 12.4. The Morgan fingerprint density at radius 2 is 1.84 bits per heavy atom. The summed E-state index contributed by atoms with van der Waals surface area (Å²) in [6, 6.07) is 2.92. The first-order valence-electron chi connectivity index (χ1n) is 11.7. The van der Waals surface area contributed by atoms with E-state index in [2.05, 4.69) is 27.5 Å². The van der Waals surface area contributed by atoms with Crippen LogP contribution < -0.4 is 25.4 Å². The zero-order chi connectivity index (χ0) is 27.2. The molecule has 1 saturated heterocycles. The van der Waals surface area contributed by atoms with Gasteiger partial charge in [-0.25, -0.2) is 15.0 Å². The van der Waals surface area contributed by atoms with Gasteiger partial charge in [0.25, 0.3) is 0 Å². The number of nitrogens with zero attached hydrogens (tertiary/aromatic N) is 3. The molecule has 1 aromatic carbocycles. The topological polar surface area (TPSA) is 129 Å². The van der Waals surface area contributed by atoms with Crippen LogP contribution in [0.5, 0.6) is 11.5 Å². The molecule has 3 aromatic rings. The number of aromatic nitrogens is 3. The minimum absolute atomic E-state index is 0.227. The van der Waals surface area contributed by atoms with Crippen LogP contribution in [-0.4, -0.2) is 80.6 Å². The summed E-state index contributed by atoms with van der Waals surface area (Å²) >= 11 is 13.3. The number of rotatable bonds is 11. The molecule has 4 rings (SSSR count). The zero-order valence-electron chi connectivity index (χ0n) is 21.1. The normalized spacial score (nSPS) is 16.8. The lowest BCUT2D eigenvalue weighted by Gasteiger charge is -2.20.